The van der Waals surface area contributed by atoms with Crippen LogP contribution in [-0.4, -0.2) is 22.9 Å². The Kier molecular flexibility index (Phi) is 3.08. The smallest absolute Gasteiger partial charge is 0.213 e. The number of aromatic nitrogens is 2. The molecule has 0 saturated carbocycles. The number of nitrogens with one attached hydrogen (secondary N) is 1. The zero-order chi connectivity index (χ0) is 15.8. The second-order valence-corrected chi connectivity index (χ2v) is 5.31. The summed E-state index contributed by atoms with van der Waals surface area (Å²) in [6.07, 6.45) is 1.67. The fourth-order valence-electron chi connectivity index (χ4n) is 2.83. The van der Waals surface area contributed by atoms with Crippen LogP contribution in [0.3, 0.4) is 0 Å². The average Bonchev–Trinajstić information content (AvgIpc) is 2.99. The quantitative estimate of drug-likeness (QED) is 0.583. The molecular weight excluding hydrogens is 288 g/mol. The first kappa shape index (κ1) is 13.5. The number of hydrogen-bond acceptors (Lipinski definition) is 3. The van der Waals surface area contributed by atoms with Crippen molar-refractivity contribution in [2.24, 2.45) is 0 Å². The van der Waals surface area contributed by atoms with E-state index in [4.69, 9.17) is 4.74 Å². The number of hydrogen-bond donors (Lipinski definition) is 1. The number of nitrogens with zero attached hydrogens (tertiary/aromatic N) is 1. The van der Waals surface area contributed by atoms with Crippen LogP contribution in [-0.2, 0) is 0 Å². The number of benzene rings is 2. The molecule has 0 radical (unpaired) electrons. The van der Waals surface area contributed by atoms with E-state index in [-0.39, 0.29) is 5.78 Å². The molecule has 2 aromatic heterocycles. The molecule has 2 heterocycles. The van der Waals surface area contributed by atoms with Crippen molar-refractivity contribution in [3.63, 3.8) is 0 Å². The van der Waals surface area contributed by atoms with Crippen LogP contribution < -0.4 is 4.74 Å². The molecule has 4 rings (SSSR count). The zero-order valence-corrected chi connectivity index (χ0v) is 12.5. The van der Waals surface area contributed by atoms with Gasteiger partial charge in [-0.1, -0.05) is 30.3 Å². The summed E-state index contributed by atoms with van der Waals surface area (Å²) in [5.74, 6) is 0.695. The van der Waals surface area contributed by atoms with Gasteiger partial charge in [0, 0.05) is 28.0 Å². The Morgan fingerprint density at radius 3 is 2.65 bits per heavy atom. The lowest BCUT2D eigenvalue weighted by Gasteiger charge is -2.02. The summed E-state index contributed by atoms with van der Waals surface area (Å²) in [5.41, 5.74) is 2.77. The molecular formula is C19H14N2O2. The van der Waals surface area contributed by atoms with Gasteiger partial charge in [0.2, 0.25) is 5.78 Å². The lowest BCUT2D eigenvalue weighted by Crippen LogP contribution is -2.04. The molecule has 0 saturated heterocycles. The summed E-state index contributed by atoms with van der Waals surface area (Å²) in [7, 11) is 1.64. The highest BCUT2D eigenvalue weighted by atomic mass is 16.5. The van der Waals surface area contributed by atoms with Crippen LogP contribution in [0, 0.1) is 0 Å². The van der Waals surface area contributed by atoms with Gasteiger partial charge in [0.1, 0.15) is 11.4 Å². The number of rotatable bonds is 3. The first-order valence-electron chi connectivity index (χ1n) is 7.32. The third-order valence-electron chi connectivity index (χ3n) is 3.98. The second-order valence-electron chi connectivity index (χ2n) is 5.31. The van der Waals surface area contributed by atoms with Gasteiger partial charge in [-0.3, -0.25) is 9.78 Å². The van der Waals surface area contributed by atoms with E-state index in [1.165, 1.54) is 0 Å². The number of carbonyl (C=O) groups excluding carboxylic acids is 1. The third-order valence-corrected chi connectivity index (χ3v) is 3.98. The largest absolute Gasteiger partial charge is 0.497 e. The van der Waals surface area contributed by atoms with Gasteiger partial charge in [-0.15, -0.1) is 0 Å². The Hall–Kier alpha value is -3.14. The maximum Gasteiger partial charge on any atom is 0.213 e. The van der Waals surface area contributed by atoms with Crippen molar-refractivity contribution in [3.05, 3.63) is 72.1 Å². The van der Waals surface area contributed by atoms with E-state index in [9.17, 15) is 4.79 Å². The van der Waals surface area contributed by atoms with E-state index in [0.29, 0.717) is 11.3 Å². The van der Waals surface area contributed by atoms with Crippen molar-refractivity contribution in [3.8, 4) is 5.75 Å². The minimum absolute atomic E-state index is 0.0882. The molecule has 0 unspecified atom stereocenters. The van der Waals surface area contributed by atoms with Crippen LogP contribution in [0.4, 0.5) is 0 Å². The Morgan fingerprint density at radius 2 is 1.87 bits per heavy atom. The summed E-state index contributed by atoms with van der Waals surface area (Å²) in [6, 6.07) is 16.9. The summed E-state index contributed by atoms with van der Waals surface area (Å²) in [5, 5.41) is 1.98. The van der Waals surface area contributed by atoms with Crippen molar-refractivity contribution in [2.75, 3.05) is 7.11 Å². The van der Waals surface area contributed by atoms with E-state index in [2.05, 4.69) is 9.97 Å². The number of aromatic amines is 1. The number of ketones is 1. The van der Waals surface area contributed by atoms with Crippen LogP contribution in [0.1, 0.15) is 16.1 Å². The van der Waals surface area contributed by atoms with Crippen molar-refractivity contribution in [1.29, 1.82) is 0 Å². The molecule has 0 fully saturated rings. The normalized spacial score (nSPS) is 11.0. The monoisotopic (exact) mass is 302 g/mol. The number of ether oxygens (including phenoxy) is 1. The summed E-state index contributed by atoms with van der Waals surface area (Å²) in [6.45, 7) is 0. The molecule has 4 heteroatoms. The van der Waals surface area contributed by atoms with Crippen LogP contribution in [0.5, 0.6) is 5.75 Å². The number of H-pyrrole nitrogens is 1. The molecule has 0 bridgehead atoms. The number of methoxy groups -OCH3 is 1. The highest BCUT2D eigenvalue weighted by Crippen LogP contribution is 2.30. The molecule has 1 N–H and O–H groups in total. The topological polar surface area (TPSA) is 55.0 Å². The Labute approximate surface area is 132 Å². The second kappa shape index (κ2) is 5.25. The van der Waals surface area contributed by atoms with Gasteiger partial charge in [0.05, 0.1) is 12.6 Å². The summed E-state index contributed by atoms with van der Waals surface area (Å²) >= 11 is 0. The van der Waals surface area contributed by atoms with Gasteiger partial charge in [-0.25, -0.2) is 0 Å². The van der Waals surface area contributed by atoms with Crippen molar-refractivity contribution >= 4 is 27.6 Å². The lowest BCUT2D eigenvalue weighted by molar-refractivity contribution is 0.103. The fourth-order valence-corrected chi connectivity index (χ4v) is 2.83. The molecule has 0 aliphatic carbocycles. The van der Waals surface area contributed by atoms with Crippen LogP contribution >= 0.6 is 0 Å². The SMILES string of the molecule is COc1ccc2[nH]c3c(C(=O)c4ccccc4)nccc3c2c1. The van der Waals surface area contributed by atoms with Crippen molar-refractivity contribution in [2.45, 2.75) is 0 Å². The molecule has 23 heavy (non-hydrogen) atoms. The minimum atomic E-state index is -0.0882. The van der Waals surface area contributed by atoms with Gasteiger partial charge >= 0.3 is 0 Å². The molecule has 0 atom stereocenters. The maximum absolute atomic E-state index is 12.8. The lowest BCUT2D eigenvalue weighted by atomic mass is 10.1. The molecule has 0 spiro atoms. The molecule has 112 valence electrons. The average molecular weight is 302 g/mol. The predicted octanol–water partition coefficient (Wildman–Crippen LogP) is 3.96. The van der Waals surface area contributed by atoms with Gasteiger partial charge < -0.3 is 9.72 Å². The van der Waals surface area contributed by atoms with Crippen LogP contribution in [0.25, 0.3) is 21.8 Å². The van der Waals surface area contributed by atoms with Gasteiger partial charge in [-0.05, 0) is 24.3 Å². The van der Waals surface area contributed by atoms with E-state index >= 15 is 0 Å². The number of carbonyl (C=O) groups is 1. The van der Waals surface area contributed by atoms with E-state index in [1.54, 1.807) is 25.4 Å². The van der Waals surface area contributed by atoms with Gasteiger partial charge in [0.25, 0.3) is 0 Å². The van der Waals surface area contributed by atoms with E-state index < -0.39 is 0 Å². The van der Waals surface area contributed by atoms with Gasteiger partial charge in [0.15, 0.2) is 0 Å². The Balaban J connectivity index is 1.96. The minimum Gasteiger partial charge on any atom is -0.497 e. The van der Waals surface area contributed by atoms with Gasteiger partial charge in [-0.2, -0.15) is 0 Å². The first-order valence-corrected chi connectivity index (χ1v) is 7.32. The summed E-state index contributed by atoms with van der Waals surface area (Å²) < 4.78 is 5.29. The molecule has 4 aromatic rings. The highest BCUT2D eigenvalue weighted by Gasteiger charge is 2.17. The first-order chi connectivity index (χ1) is 11.3. The van der Waals surface area contributed by atoms with Crippen molar-refractivity contribution in [1.82, 2.24) is 9.97 Å². The Morgan fingerprint density at radius 1 is 1.04 bits per heavy atom. The van der Waals surface area contributed by atoms with Crippen LogP contribution in [0.15, 0.2) is 60.8 Å². The van der Waals surface area contributed by atoms with Crippen molar-refractivity contribution < 1.29 is 9.53 Å². The number of pyridine rings is 1. The molecule has 4 nitrogen and oxygen atoms in total. The summed E-state index contributed by atoms with van der Waals surface area (Å²) in [4.78, 5) is 20.4. The Bertz CT molecular complexity index is 1020. The van der Waals surface area contributed by atoms with E-state index in [1.807, 2.05) is 42.5 Å². The fraction of sp³-hybridized carbons (Fsp3) is 0.0526. The molecule has 2 aromatic carbocycles. The van der Waals surface area contributed by atoms with Crippen LogP contribution in [0.2, 0.25) is 0 Å². The predicted molar refractivity (Wildman–Crippen MR) is 90.0 cm³/mol. The third kappa shape index (κ3) is 2.16. The standard InChI is InChI=1S/C19H14N2O2/c1-23-13-7-8-16-15(11-13)14-9-10-20-18(17(14)21-16)19(22)12-5-3-2-4-6-12/h2-11,21H,1H3. The number of fused-ring (bicyclic) bond motifs is 3. The maximum atomic E-state index is 12.8. The van der Waals surface area contributed by atoms with E-state index in [0.717, 1.165) is 27.6 Å². The highest BCUT2D eigenvalue weighted by molar-refractivity contribution is 6.18. The molecule has 0 aliphatic rings. The molecule has 0 aliphatic heterocycles. The zero-order valence-electron chi connectivity index (χ0n) is 12.5. The molecule has 0 amide bonds.